The molecule has 0 saturated carbocycles. The molecule has 2 rings (SSSR count). The highest BCUT2D eigenvalue weighted by molar-refractivity contribution is 7.14. The van der Waals surface area contributed by atoms with Gasteiger partial charge in [0.25, 0.3) is 5.91 Å². The second-order valence-electron chi connectivity index (χ2n) is 4.20. The number of nitrogens with one attached hydrogen (secondary N) is 1. The van der Waals surface area contributed by atoms with Gasteiger partial charge in [-0.2, -0.15) is 11.3 Å². The summed E-state index contributed by atoms with van der Waals surface area (Å²) >= 11 is 2.93. The molecule has 2 aromatic heterocycles. The van der Waals surface area contributed by atoms with E-state index in [-0.39, 0.29) is 5.69 Å². The molecule has 2 N–H and O–H groups in total. The number of rotatable bonds is 6. The fourth-order valence-corrected chi connectivity index (χ4v) is 3.19. The van der Waals surface area contributed by atoms with Crippen molar-refractivity contribution >= 4 is 34.6 Å². The van der Waals surface area contributed by atoms with Crippen molar-refractivity contribution in [3.05, 3.63) is 27.9 Å². The predicted molar refractivity (Wildman–Crippen MR) is 79.2 cm³/mol. The summed E-state index contributed by atoms with van der Waals surface area (Å²) in [4.78, 5) is 27.3. The standard InChI is InChI=1S/C13H14N2O3S2/c1-2-3-9(13(17)18)14-11(16)10-7-20-12(15-10)8-4-5-19-6-8/h4-7,9H,2-3H2,1H3,(H,14,16)(H,17,18)/t9-/m1/s1. The number of carboxylic acid groups (broad SMARTS) is 1. The number of hydrogen-bond acceptors (Lipinski definition) is 5. The molecule has 2 heterocycles. The number of thiophene rings is 1. The Bertz CT molecular complexity index is 593. The fraction of sp³-hybridized carbons (Fsp3) is 0.308. The average Bonchev–Trinajstić information content (AvgIpc) is 3.08. The average molecular weight is 310 g/mol. The Morgan fingerprint density at radius 1 is 1.45 bits per heavy atom. The van der Waals surface area contributed by atoms with Gasteiger partial charge in [-0.1, -0.05) is 13.3 Å². The van der Waals surface area contributed by atoms with Crippen molar-refractivity contribution < 1.29 is 14.7 Å². The first-order valence-corrected chi connectivity index (χ1v) is 7.95. The molecule has 0 radical (unpaired) electrons. The van der Waals surface area contributed by atoms with E-state index < -0.39 is 17.9 Å². The van der Waals surface area contributed by atoms with E-state index in [0.29, 0.717) is 12.8 Å². The van der Waals surface area contributed by atoms with Crippen LogP contribution in [0.15, 0.2) is 22.2 Å². The van der Waals surface area contributed by atoms with Crippen LogP contribution in [0.5, 0.6) is 0 Å². The lowest BCUT2D eigenvalue weighted by molar-refractivity contribution is -0.139. The maximum absolute atomic E-state index is 12.0. The van der Waals surface area contributed by atoms with E-state index in [1.165, 1.54) is 11.3 Å². The van der Waals surface area contributed by atoms with Crippen molar-refractivity contribution in [1.82, 2.24) is 10.3 Å². The van der Waals surface area contributed by atoms with Crippen molar-refractivity contribution in [3.63, 3.8) is 0 Å². The molecule has 0 bridgehead atoms. The van der Waals surface area contributed by atoms with Crippen LogP contribution in [0.1, 0.15) is 30.3 Å². The molecule has 0 unspecified atom stereocenters. The summed E-state index contributed by atoms with van der Waals surface area (Å²) in [6, 6.07) is 1.07. The minimum absolute atomic E-state index is 0.263. The van der Waals surface area contributed by atoms with Crippen LogP contribution >= 0.6 is 22.7 Å². The Hall–Kier alpha value is -1.73. The van der Waals surface area contributed by atoms with Crippen molar-refractivity contribution in [2.75, 3.05) is 0 Å². The second kappa shape index (κ2) is 6.62. The lowest BCUT2D eigenvalue weighted by Gasteiger charge is -2.12. The lowest BCUT2D eigenvalue weighted by Crippen LogP contribution is -2.40. The summed E-state index contributed by atoms with van der Waals surface area (Å²) in [6.07, 6.45) is 1.09. The summed E-state index contributed by atoms with van der Waals surface area (Å²) in [5.41, 5.74) is 1.24. The first-order valence-electron chi connectivity index (χ1n) is 6.13. The number of carbonyl (C=O) groups is 2. The predicted octanol–water partition coefficient (Wildman–Crippen LogP) is 2.85. The van der Waals surface area contributed by atoms with E-state index in [9.17, 15) is 9.59 Å². The van der Waals surface area contributed by atoms with E-state index in [2.05, 4.69) is 10.3 Å². The monoisotopic (exact) mass is 310 g/mol. The Kier molecular flexibility index (Phi) is 4.86. The molecule has 1 amide bonds. The zero-order chi connectivity index (χ0) is 14.5. The van der Waals surface area contributed by atoms with Gasteiger partial charge >= 0.3 is 5.97 Å². The second-order valence-corrected chi connectivity index (χ2v) is 5.84. The molecule has 20 heavy (non-hydrogen) atoms. The quantitative estimate of drug-likeness (QED) is 0.860. The third-order valence-corrected chi connectivity index (χ3v) is 4.26. The number of thiazole rings is 1. The molecule has 2 aromatic rings. The van der Waals surface area contributed by atoms with Crippen LogP contribution in [0.4, 0.5) is 0 Å². The largest absolute Gasteiger partial charge is 0.480 e. The van der Waals surface area contributed by atoms with Crippen LogP contribution in [-0.4, -0.2) is 28.0 Å². The molecule has 0 spiro atoms. The highest BCUT2D eigenvalue weighted by atomic mass is 32.1. The van der Waals surface area contributed by atoms with Crippen molar-refractivity contribution in [3.8, 4) is 10.6 Å². The zero-order valence-electron chi connectivity index (χ0n) is 10.8. The van der Waals surface area contributed by atoms with Gasteiger partial charge in [-0.15, -0.1) is 11.3 Å². The zero-order valence-corrected chi connectivity index (χ0v) is 12.5. The summed E-state index contributed by atoms with van der Waals surface area (Å²) in [6.45, 7) is 1.87. The molecule has 106 valence electrons. The number of carboxylic acids is 1. The van der Waals surface area contributed by atoms with E-state index in [1.54, 1.807) is 16.7 Å². The first kappa shape index (κ1) is 14.7. The summed E-state index contributed by atoms with van der Waals surface area (Å²) in [5, 5.41) is 17.8. The van der Waals surface area contributed by atoms with Gasteiger partial charge < -0.3 is 10.4 Å². The molecule has 0 fully saturated rings. The molecular formula is C13H14N2O3S2. The van der Waals surface area contributed by atoms with Crippen LogP contribution < -0.4 is 5.32 Å². The van der Waals surface area contributed by atoms with E-state index in [1.807, 2.05) is 23.8 Å². The first-order chi connectivity index (χ1) is 9.61. The van der Waals surface area contributed by atoms with Crippen molar-refractivity contribution in [2.45, 2.75) is 25.8 Å². The molecule has 1 atom stereocenters. The topological polar surface area (TPSA) is 79.3 Å². The minimum atomic E-state index is -1.02. The molecule has 7 heteroatoms. The molecule has 5 nitrogen and oxygen atoms in total. The van der Waals surface area contributed by atoms with Crippen LogP contribution in [0.25, 0.3) is 10.6 Å². The Labute approximate surface area is 124 Å². The lowest BCUT2D eigenvalue weighted by atomic mass is 10.1. The highest BCUT2D eigenvalue weighted by Crippen LogP contribution is 2.25. The van der Waals surface area contributed by atoms with Gasteiger partial charge in [-0.25, -0.2) is 9.78 Å². The third-order valence-electron chi connectivity index (χ3n) is 2.69. The number of amides is 1. The molecule has 0 aromatic carbocycles. The Balaban J connectivity index is 2.08. The van der Waals surface area contributed by atoms with E-state index in [0.717, 1.165) is 10.6 Å². The van der Waals surface area contributed by atoms with Crippen molar-refractivity contribution in [1.29, 1.82) is 0 Å². The molecule has 0 aliphatic heterocycles. The SMILES string of the molecule is CCC[C@@H](NC(=O)c1csc(-c2ccsc2)n1)C(=O)O. The van der Waals surface area contributed by atoms with Gasteiger partial charge in [0.1, 0.15) is 16.7 Å². The minimum Gasteiger partial charge on any atom is -0.480 e. The van der Waals surface area contributed by atoms with Gasteiger partial charge in [-0.3, -0.25) is 4.79 Å². The van der Waals surface area contributed by atoms with Gasteiger partial charge in [0.2, 0.25) is 0 Å². The highest BCUT2D eigenvalue weighted by Gasteiger charge is 2.21. The maximum Gasteiger partial charge on any atom is 0.326 e. The summed E-state index contributed by atoms with van der Waals surface area (Å²) < 4.78 is 0. The number of aromatic nitrogens is 1. The van der Waals surface area contributed by atoms with Crippen molar-refractivity contribution in [2.24, 2.45) is 0 Å². The number of carbonyl (C=O) groups excluding carboxylic acids is 1. The normalized spacial score (nSPS) is 12.1. The Morgan fingerprint density at radius 3 is 2.85 bits per heavy atom. The maximum atomic E-state index is 12.0. The Morgan fingerprint density at radius 2 is 2.25 bits per heavy atom. The van der Waals surface area contributed by atoms with Crippen LogP contribution in [-0.2, 0) is 4.79 Å². The summed E-state index contributed by atoms with van der Waals surface area (Å²) in [7, 11) is 0. The van der Waals surface area contributed by atoms with Crippen LogP contribution in [0.2, 0.25) is 0 Å². The number of hydrogen-bond donors (Lipinski definition) is 2. The van der Waals surface area contributed by atoms with Gasteiger partial charge in [0.15, 0.2) is 0 Å². The van der Waals surface area contributed by atoms with Gasteiger partial charge in [0, 0.05) is 16.3 Å². The van der Waals surface area contributed by atoms with E-state index in [4.69, 9.17) is 5.11 Å². The van der Waals surface area contributed by atoms with E-state index >= 15 is 0 Å². The molecule has 0 aliphatic carbocycles. The molecule has 0 saturated heterocycles. The summed E-state index contributed by atoms with van der Waals surface area (Å²) in [5.74, 6) is -1.46. The number of aliphatic carboxylic acids is 1. The molecular weight excluding hydrogens is 296 g/mol. The third kappa shape index (κ3) is 3.43. The van der Waals surface area contributed by atoms with Gasteiger partial charge in [0.05, 0.1) is 0 Å². The smallest absolute Gasteiger partial charge is 0.326 e. The van der Waals surface area contributed by atoms with Crippen LogP contribution in [0, 0.1) is 0 Å². The molecule has 0 aliphatic rings. The number of nitrogens with zero attached hydrogens (tertiary/aromatic N) is 1. The fourth-order valence-electron chi connectivity index (χ4n) is 1.68. The van der Waals surface area contributed by atoms with Crippen LogP contribution in [0.3, 0.4) is 0 Å². The van der Waals surface area contributed by atoms with Gasteiger partial charge in [-0.05, 0) is 17.9 Å².